The van der Waals surface area contributed by atoms with E-state index in [0.717, 1.165) is 0 Å². The third kappa shape index (κ3) is 3.89. The fraction of sp³-hybridized carbons (Fsp3) is 0.250. The van der Waals surface area contributed by atoms with Crippen LogP contribution in [-0.2, 0) is 6.54 Å². The van der Waals surface area contributed by atoms with Crippen molar-refractivity contribution in [1.29, 1.82) is 0 Å². The second-order valence-electron chi connectivity index (χ2n) is 4.81. The Morgan fingerprint density at radius 1 is 1.21 bits per heavy atom. The summed E-state index contributed by atoms with van der Waals surface area (Å²) < 4.78 is 37.6. The molecule has 0 amide bonds. The van der Waals surface area contributed by atoms with Crippen LogP contribution in [0.3, 0.4) is 0 Å². The van der Waals surface area contributed by atoms with Gasteiger partial charge in [-0.05, 0) is 24.6 Å². The van der Waals surface area contributed by atoms with Crippen molar-refractivity contribution in [3.05, 3.63) is 57.6 Å². The average Bonchev–Trinajstić information content (AvgIpc) is 2.53. The molecule has 0 aromatic heterocycles. The third-order valence-corrected chi connectivity index (χ3v) is 3.23. The number of hydrogen-bond acceptors (Lipinski definition) is 5. The van der Waals surface area contributed by atoms with Crippen molar-refractivity contribution in [1.82, 2.24) is 0 Å². The molecule has 2 rings (SSSR count). The fourth-order valence-corrected chi connectivity index (χ4v) is 2.17. The third-order valence-electron chi connectivity index (χ3n) is 3.23. The first-order chi connectivity index (χ1) is 11.5. The molecule has 0 saturated heterocycles. The van der Waals surface area contributed by atoms with Crippen molar-refractivity contribution in [2.24, 2.45) is 0 Å². The van der Waals surface area contributed by atoms with Crippen LogP contribution in [0.25, 0.3) is 0 Å². The number of hydrogen-bond donors (Lipinski definition) is 1. The van der Waals surface area contributed by atoms with E-state index in [-0.39, 0.29) is 12.2 Å². The predicted octanol–water partition coefficient (Wildman–Crippen LogP) is 3.89. The quantitative estimate of drug-likeness (QED) is 0.612. The molecule has 0 aliphatic rings. The summed E-state index contributed by atoms with van der Waals surface area (Å²) in [4.78, 5) is 10.1. The van der Waals surface area contributed by atoms with Crippen LogP contribution in [-0.4, -0.2) is 18.6 Å². The van der Waals surface area contributed by atoms with Crippen LogP contribution in [0, 0.1) is 21.7 Å². The van der Waals surface area contributed by atoms with Gasteiger partial charge in [-0.15, -0.1) is 0 Å². The molecule has 0 heterocycles. The number of halogens is 2. The van der Waals surface area contributed by atoms with Crippen LogP contribution >= 0.6 is 0 Å². The van der Waals surface area contributed by atoms with Gasteiger partial charge in [0.2, 0.25) is 0 Å². The number of benzene rings is 2. The molecular weight excluding hydrogens is 322 g/mol. The average molecular weight is 338 g/mol. The van der Waals surface area contributed by atoms with Gasteiger partial charge in [0.1, 0.15) is 11.5 Å². The lowest BCUT2D eigenvalue weighted by atomic mass is 10.2. The van der Waals surface area contributed by atoms with Gasteiger partial charge < -0.3 is 14.8 Å². The van der Waals surface area contributed by atoms with Crippen LogP contribution in [0.2, 0.25) is 0 Å². The van der Waals surface area contributed by atoms with Crippen molar-refractivity contribution in [2.75, 3.05) is 19.0 Å². The van der Waals surface area contributed by atoms with Gasteiger partial charge in [-0.2, -0.15) is 0 Å². The minimum Gasteiger partial charge on any atom is -0.493 e. The Balaban J connectivity index is 2.25. The molecule has 2 aromatic carbocycles. The van der Waals surface area contributed by atoms with E-state index in [4.69, 9.17) is 9.47 Å². The van der Waals surface area contributed by atoms with Crippen molar-refractivity contribution >= 4 is 11.4 Å². The Morgan fingerprint density at radius 3 is 2.58 bits per heavy atom. The number of methoxy groups -OCH3 is 1. The highest BCUT2D eigenvalue weighted by Crippen LogP contribution is 2.31. The van der Waals surface area contributed by atoms with Crippen LogP contribution in [0.15, 0.2) is 30.3 Å². The molecule has 0 bridgehead atoms. The summed E-state index contributed by atoms with van der Waals surface area (Å²) in [7, 11) is 1.51. The van der Waals surface area contributed by atoms with Crippen molar-refractivity contribution in [3.63, 3.8) is 0 Å². The molecule has 0 aliphatic carbocycles. The van der Waals surface area contributed by atoms with Gasteiger partial charge in [-0.3, -0.25) is 10.1 Å². The fourth-order valence-electron chi connectivity index (χ4n) is 2.17. The summed E-state index contributed by atoms with van der Waals surface area (Å²) in [6.07, 6.45) is 0. The zero-order valence-electron chi connectivity index (χ0n) is 13.1. The van der Waals surface area contributed by atoms with Crippen molar-refractivity contribution in [3.8, 4) is 11.5 Å². The molecular formula is C16H16F2N2O4. The molecule has 24 heavy (non-hydrogen) atoms. The number of nitro groups is 1. The summed E-state index contributed by atoms with van der Waals surface area (Å²) in [6.45, 7) is 2.35. The highest BCUT2D eigenvalue weighted by atomic mass is 19.1. The lowest BCUT2D eigenvalue weighted by Gasteiger charge is -2.12. The van der Waals surface area contributed by atoms with Gasteiger partial charge in [-0.25, -0.2) is 8.78 Å². The lowest BCUT2D eigenvalue weighted by Crippen LogP contribution is -2.06. The van der Waals surface area contributed by atoms with Crippen molar-refractivity contribution < 1.29 is 23.2 Å². The summed E-state index contributed by atoms with van der Waals surface area (Å²) in [5.74, 6) is -0.985. The maximum atomic E-state index is 13.8. The number of nitrogens with zero attached hydrogens (tertiary/aromatic N) is 1. The molecule has 1 N–H and O–H groups in total. The van der Waals surface area contributed by atoms with E-state index in [9.17, 15) is 18.9 Å². The molecule has 0 saturated carbocycles. The zero-order chi connectivity index (χ0) is 17.7. The highest BCUT2D eigenvalue weighted by molar-refractivity contribution is 5.62. The Hall–Kier alpha value is -2.90. The Bertz CT molecular complexity index is 753. The number of rotatable bonds is 7. The first-order valence-corrected chi connectivity index (χ1v) is 7.13. The van der Waals surface area contributed by atoms with Crippen LogP contribution in [0.1, 0.15) is 12.5 Å². The van der Waals surface area contributed by atoms with Crippen LogP contribution in [0.4, 0.5) is 20.2 Å². The van der Waals surface area contributed by atoms with E-state index in [1.165, 1.54) is 7.11 Å². The zero-order valence-corrected chi connectivity index (χ0v) is 13.1. The summed E-state index contributed by atoms with van der Waals surface area (Å²) in [5, 5.41) is 13.6. The molecule has 8 heteroatoms. The number of nitro benzene ring substituents is 1. The standard InChI is InChI=1S/C16H16F2N2O4/c1-3-24-15-6-10(4-5-14(15)23-2)9-19-16-12(18)7-11(17)8-13(16)20(21)22/h4-8,19H,3,9H2,1-2H3. The van der Waals surface area contributed by atoms with Crippen LogP contribution in [0.5, 0.6) is 11.5 Å². The molecule has 0 atom stereocenters. The van der Waals surface area contributed by atoms with E-state index >= 15 is 0 Å². The summed E-state index contributed by atoms with van der Waals surface area (Å²) in [6, 6.07) is 6.34. The molecule has 6 nitrogen and oxygen atoms in total. The SMILES string of the molecule is CCOc1cc(CNc2c(F)cc(F)cc2[N+](=O)[O-])ccc1OC. The predicted molar refractivity (Wildman–Crippen MR) is 84.5 cm³/mol. The maximum absolute atomic E-state index is 13.8. The minimum atomic E-state index is -1.03. The van der Waals surface area contributed by atoms with Gasteiger partial charge in [0.25, 0.3) is 5.69 Å². The molecule has 0 fully saturated rings. The second-order valence-corrected chi connectivity index (χ2v) is 4.81. The monoisotopic (exact) mass is 338 g/mol. The molecule has 0 spiro atoms. The molecule has 2 aromatic rings. The lowest BCUT2D eigenvalue weighted by molar-refractivity contribution is -0.384. The number of nitrogens with one attached hydrogen (secondary N) is 1. The largest absolute Gasteiger partial charge is 0.493 e. The van der Waals surface area contributed by atoms with E-state index in [0.29, 0.717) is 35.8 Å². The van der Waals surface area contributed by atoms with Gasteiger partial charge >= 0.3 is 0 Å². The number of ether oxygens (including phenoxy) is 2. The van der Waals surface area contributed by atoms with Crippen LogP contribution < -0.4 is 14.8 Å². The van der Waals surface area contributed by atoms with E-state index < -0.39 is 22.2 Å². The first kappa shape index (κ1) is 17.5. The van der Waals surface area contributed by atoms with Crippen molar-refractivity contribution in [2.45, 2.75) is 13.5 Å². The van der Waals surface area contributed by atoms with E-state index in [1.54, 1.807) is 18.2 Å². The minimum absolute atomic E-state index is 0.0907. The Morgan fingerprint density at radius 2 is 1.96 bits per heavy atom. The topological polar surface area (TPSA) is 73.6 Å². The summed E-state index contributed by atoms with van der Waals surface area (Å²) in [5.41, 5.74) is -0.335. The molecule has 0 radical (unpaired) electrons. The molecule has 0 aliphatic heterocycles. The first-order valence-electron chi connectivity index (χ1n) is 7.13. The number of anilines is 1. The normalized spacial score (nSPS) is 10.3. The maximum Gasteiger partial charge on any atom is 0.298 e. The van der Waals surface area contributed by atoms with Gasteiger partial charge in [0.05, 0.1) is 24.7 Å². The smallest absolute Gasteiger partial charge is 0.298 e. The van der Waals surface area contributed by atoms with E-state index in [2.05, 4.69) is 5.32 Å². The second kappa shape index (κ2) is 7.58. The Kier molecular flexibility index (Phi) is 5.51. The molecule has 128 valence electrons. The Labute approximate surface area is 137 Å². The molecule has 0 unspecified atom stereocenters. The summed E-state index contributed by atoms with van der Waals surface area (Å²) >= 11 is 0. The van der Waals surface area contributed by atoms with Gasteiger partial charge in [-0.1, -0.05) is 6.07 Å². The van der Waals surface area contributed by atoms with Gasteiger partial charge in [0.15, 0.2) is 17.3 Å². The van der Waals surface area contributed by atoms with E-state index in [1.807, 2.05) is 6.92 Å². The van der Waals surface area contributed by atoms with Gasteiger partial charge in [0, 0.05) is 12.6 Å². The highest BCUT2D eigenvalue weighted by Gasteiger charge is 2.20.